The van der Waals surface area contributed by atoms with Crippen LogP contribution in [0, 0.1) is 6.92 Å². The third-order valence-electron chi connectivity index (χ3n) is 3.47. The summed E-state index contributed by atoms with van der Waals surface area (Å²) < 4.78 is 67.0. The molecule has 0 radical (unpaired) electrons. The Morgan fingerprint density at radius 3 is 2.39 bits per heavy atom. The molecule has 152 valence electrons. The fourth-order valence-electron chi connectivity index (χ4n) is 2.16. The maximum absolute atomic E-state index is 12.3. The number of sulfonamides is 1. The fourth-order valence-corrected chi connectivity index (χ4v) is 4.12. The number of aryl methyl sites for hydroxylation is 1. The minimum Gasteiger partial charge on any atom is -0.478 e. The first-order valence-electron chi connectivity index (χ1n) is 7.80. The Kier molecular flexibility index (Phi) is 6.96. The first kappa shape index (κ1) is 22.1. The van der Waals surface area contributed by atoms with E-state index in [1.807, 2.05) is 0 Å². The van der Waals surface area contributed by atoms with Crippen LogP contribution in [0.4, 0.5) is 13.2 Å². The Morgan fingerprint density at radius 2 is 1.82 bits per heavy atom. The van der Waals surface area contributed by atoms with Gasteiger partial charge in [-0.25, -0.2) is 17.9 Å². The summed E-state index contributed by atoms with van der Waals surface area (Å²) in [5.41, 5.74) is 0.346. The molecular formula is C17H16F3NO5S2. The van der Waals surface area contributed by atoms with Crippen LogP contribution in [0.2, 0.25) is 0 Å². The molecule has 0 aliphatic heterocycles. The zero-order valence-corrected chi connectivity index (χ0v) is 16.1. The highest BCUT2D eigenvalue weighted by molar-refractivity contribution is 7.99. The molecule has 6 nitrogen and oxygen atoms in total. The molecular weight excluding hydrogens is 419 g/mol. The third-order valence-corrected chi connectivity index (χ3v) is 5.94. The van der Waals surface area contributed by atoms with Crippen LogP contribution in [0.1, 0.15) is 15.9 Å². The number of carboxylic acid groups (broad SMARTS) is 1. The highest BCUT2D eigenvalue weighted by atomic mass is 32.2. The average Bonchev–Trinajstić information content (AvgIpc) is 2.58. The Balaban J connectivity index is 1.91. The number of hydrogen-bond acceptors (Lipinski definition) is 5. The van der Waals surface area contributed by atoms with Gasteiger partial charge in [0.25, 0.3) is 0 Å². The van der Waals surface area contributed by atoms with E-state index in [1.54, 1.807) is 6.92 Å². The van der Waals surface area contributed by atoms with E-state index in [1.165, 1.54) is 48.2 Å². The zero-order chi connectivity index (χ0) is 20.9. The second-order valence-corrected chi connectivity index (χ2v) is 8.48. The molecule has 0 saturated carbocycles. The number of nitrogens with one attached hydrogen (secondary N) is 1. The van der Waals surface area contributed by atoms with Gasteiger partial charge in [-0.2, -0.15) is 0 Å². The monoisotopic (exact) mass is 435 g/mol. The summed E-state index contributed by atoms with van der Waals surface area (Å²) in [4.78, 5) is 11.6. The van der Waals surface area contributed by atoms with Gasteiger partial charge in [0.2, 0.25) is 10.0 Å². The van der Waals surface area contributed by atoms with Gasteiger partial charge in [-0.15, -0.1) is 24.9 Å². The molecule has 0 aliphatic rings. The Labute approximate surface area is 163 Å². The number of aromatic carboxylic acids is 1. The molecule has 0 aromatic heterocycles. The molecule has 2 aromatic carbocycles. The Bertz CT molecular complexity index is 944. The molecule has 0 atom stereocenters. The van der Waals surface area contributed by atoms with E-state index in [0.717, 1.165) is 6.07 Å². The van der Waals surface area contributed by atoms with E-state index in [4.69, 9.17) is 5.11 Å². The van der Waals surface area contributed by atoms with Gasteiger partial charge in [-0.05, 0) is 48.9 Å². The van der Waals surface area contributed by atoms with Crippen LogP contribution in [0.25, 0.3) is 0 Å². The van der Waals surface area contributed by atoms with Crippen molar-refractivity contribution in [3.05, 3.63) is 53.6 Å². The first-order valence-corrected chi connectivity index (χ1v) is 10.3. The molecule has 0 amide bonds. The molecule has 2 aromatic rings. The van der Waals surface area contributed by atoms with Crippen molar-refractivity contribution in [1.29, 1.82) is 0 Å². The van der Waals surface area contributed by atoms with E-state index in [9.17, 15) is 26.4 Å². The summed E-state index contributed by atoms with van der Waals surface area (Å²) in [6.45, 7) is 1.61. The molecule has 28 heavy (non-hydrogen) atoms. The van der Waals surface area contributed by atoms with Crippen molar-refractivity contribution < 1.29 is 36.2 Å². The lowest BCUT2D eigenvalue weighted by Crippen LogP contribution is -2.26. The minimum atomic E-state index is -4.76. The maximum atomic E-state index is 12.3. The summed E-state index contributed by atoms with van der Waals surface area (Å²) in [6.07, 6.45) is -4.76. The second kappa shape index (κ2) is 8.84. The van der Waals surface area contributed by atoms with Crippen molar-refractivity contribution >= 4 is 27.8 Å². The van der Waals surface area contributed by atoms with E-state index < -0.39 is 22.4 Å². The number of hydrogen-bond donors (Lipinski definition) is 2. The van der Waals surface area contributed by atoms with E-state index in [2.05, 4.69) is 9.46 Å². The lowest BCUT2D eigenvalue weighted by atomic mass is 10.1. The number of ether oxygens (including phenoxy) is 1. The lowest BCUT2D eigenvalue weighted by Gasteiger charge is -2.10. The predicted molar refractivity (Wildman–Crippen MR) is 97.2 cm³/mol. The molecule has 0 fully saturated rings. The molecule has 2 rings (SSSR count). The highest BCUT2D eigenvalue weighted by Gasteiger charge is 2.30. The summed E-state index contributed by atoms with van der Waals surface area (Å²) in [5.74, 6) is -1.25. The smallest absolute Gasteiger partial charge is 0.478 e. The topological polar surface area (TPSA) is 92.7 Å². The van der Waals surface area contributed by atoms with Gasteiger partial charge in [0.1, 0.15) is 5.75 Å². The summed E-state index contributed by atoms with van der Waals surface area (Å²) in [6, 6.07) is 9.01. The number of alkyl halides is 3. The summed E-state index contributed by atoms with van der Waals surface area (Å²) >= 11 is 1.24. The van der Waals surface area contributed by atoms with Gasteiger partial charge in [0, 0.05) is 17.2 Å². The molecule has 0 bridgehead atoms. The first-order chi connectivity index (χ1) is 13.0. The van der Waals surface area contributed by atoms with Crippen LogP contribution in [-0.4, -0.2) is 38.2 Å². The molecule has 0 spiro atoms. The van der Waals surface area contributed by atoms with Crippen LogP contribution in [0.5, 0.6) is 5.75 Å². The molecule has 0 heterocycles. The molecule has 0 saturated heterocycles. The summed E-state index contributed by atoms with van der Waals surface area (Å²) in [7, 11) is -3.89. The fraction of sp³-hybridized carbons (Fsp3) is 0.235. The number of carboxylic acids is 1. The highest BCUT2D eigenvalue weighted by Crippen LogP contribution is 2.26. The Hall–Kier alpha value is -2.24. The van der Waals surface area contributed by atoms with E-state index in [-0.39, 0.29) is 22.8 Å². The van der Waals surface area contributed by atoms with E-state index >= 15 is 0 Å². The van der Waals surface area contributed by atoms with Crippen molar-refractivity contribution in [1.82, 2.24) is 4.72 Å². The van der Waals surface area contributed by atoms with Crippen LogP contribution in [-0.2, 0) is 10.0 Å². The number of thioether (sulfide) groups is 1. The number of benzene rings is 2. The van der Waals surface area contributed by atoms with Gasteiger partial charge in [-0.3, -0.25) is 0 Å². The SMILES string of the molecule is Cc1ccc(S(=O)(=O)NCCSc2ccc(OC(F)(F)F)cc2)cc1C(=O)O. The van der Waals surface area contributed by atoms with Crippen LogP contribution < -0.4 is 9.46 Å². The molecule has 0 aliphatic carbocycles. The zero-order valence-electron chi connectivity index (χ0n) is 14.5. The lowest BCUT2D eigenvalue weighted by molar-refractivity contribution is -0.274. The second-order valence-electron chi connectivity index (χ2n) is 5.55. The predicted octanol–water partition coefficient (Wildman–Crippen LogP) is 3.66. The average molecular weight is 435 g/mol. The van der Waals surface area contributed by atoms with Crippen molar-refractivity contribution in [3.8, 4) is 5.75 Å². The Morgan fingerprint density at radius 1 is 1.18 bits per heavy atom. The van der Waals surface area contributed by atoms with Gasteiger partial charge >= 0.3 is 12.3 Å². The molecule has 0 unspecified atom stereocenters. The van der Waals surface area contributed by atoms with Gasteiger partial charge in [-0.1, -0.05) is 6.07 Å². The van der Waals surface area contributed by atoms with Gasteiger partial charge in [0.05, 0.1) is 10.5 Å². The maximum Gasteiger partial charge on any atom is 0.573 e. The number of rotatable bonds is 8. The normalized spacial score (nSPS) is 12.0. The number of carbonyl (C=O) groups is 1. The van der Waals surface area contributed by atoms with Crippen molar-refractivity contribution in [2.24, 2.45) is 0 Å². The van der Waals surface area contributed by atoms with Gasteiger partial charge in [0.15, 0.2) is 0 Å². The minimum absolute atomic E-state index is 0.0457. The van der Waals surface area contributed by atoms with Crippen LogP contribution in [0.15, 0.2) is 52.3 Å². The van der Waals surface area contributed by atoms with Gasteiger partial charge < -0.3 is 9.84 Å². The van der Waals surface area contributed by atoms with E-state index in [0.29, 0.717) is 16.2 Å². The molecule has 11 heteroatoms. The standard InChI is InChI=1S/C17H16F3NO5S2/c1-11-2-7-14(10-15(11)16(22)23)28(24,25)21-8-9-27-13-5-3-12(4-6-13)26-17(18,19)20/h2-7,10,21H,8-9H2,1H3,(H,22,23). The number of halogens is 3. The quantitative estimate of drug-likeness (QED) is 0.486. The van der Waals surface area contributed by atoms with Crippen molar-refractivity contribution in [2.45, 2.75) is 23.1 Å². The van der Waals surface area contributed by atoms with Crippen molar-refractivity contribution in [3.63, 3.8) is 0 Å². The summed E-state index contributed by atoms with van der Waals surface area (Å²) in [5, 5.41) is 9.09. The third kappa shape index (κ3) is 6.43. The van der Waals surface area contributed by atoms with Crippen molar-refractivity contribution in [2.75, 3.05) is 12.3 Å². The molecule has 2 N–H and O–H groups in total. The van der Waals surface area contributed by atoms with Crippen LogP contribution >= 0.6 is 11.8 Å². The largest absolute Gasteiger partial charge is 0.573 e. The van der Waals surface area contributed by atoms with Crippen LogP contribution in [0.3, 0.4) is 0 Å².